The van der Waals surface area contributed by atoms with Crippen LogP contribution in [0.1, 0.15) is 66.9 Å². The summed E-state index contributed by atoms with van der Waals surface area (Å²) in [5, 5.41) is 9.99. The molecule has 2 fully saturated rings. The third-order valence-electron chi connectivity index (χ3n) is 7.13. The minimum Gasteiger partial charge on any atom is -0.349 e. The van der Waals surface area contributed by atoms with Crippen LogP contribution in [-0.4, -0.2) is 49.5 Å². The Bertz CT molecular complexity index is 1160. The van der Waals surface area contributed by atoms with Gasteiger partial charge in [-0.25, -0.2) is 5.01 Å². The maximum absolute atomic E-state index is 12.6. The molecule has 1 aliphatic carbocycles. The molecule has 1 aromatic rings. The van der Waals surface area contributed by atoms with Crippen LogP contribution in [0.25, 0.3) is 5.70 Å². The number of benzene rings is 1. The normalized spacial score (nSPS) is 28.0. The number of rotatable bonds is 5. The Kier molecular flexibility index (Phi) is 7.39. The molecule has 3 heterocycles. The molecule has 1 unspecified atom stereocenters. The van der Waals surface area contributed by atoms with Crippen molar-refractivity contribution in [2.45, 2.75) is 58.4 Å². The molecule has 4 aliphatic rings. The summed E-state index contributed by atoms with van der Waals surface area (Å²) in [6.45, 7) is 5.00. The molecule has 5 rings (SSSR count). The zero-order valence-corrected chi connectivity index (χ0v) is 22.8. The molecule has 0 radical (unpaired) electrons. The van der Waals surface area contributed by atoms with E-state index >= 15 is 0 Å². The lowest BCUT2D eigenvalue weighted by molar-refractivity contribution is 0.0950. The van der Waals surface area contributed by atoms with Crippen LogP contribution in [0.5, 0.6) is 0 Å². The average Bonchev–Trinajstić information content (AvgIpc) is 3.66. The van der Waals surface area contributed by atoms with Gasteiger partial charge in [0.25, 0.3) is 5.91 Å². The van der Waals surface area contributed by atoms with E-state index in [4.69, 9.17) is 10.1 Å². The van der Waals surface area contributed by atoms with Crippen molar-refractivity contribution in [3.05, 3.63) is 52.7 Å². The molecule has 8 heteroatoms. The molecule has 1 saturated carbocycles. The van der Waals surface area contributed by atoms with Crippen LogP contribution >= 0.6 is 15.9 Å². The molecule has 1 atom stereocenters. The smallest absolute Gasteiger partial charge is 0.251 e. The second kappa shape index (κ2) is 10.5. The number of allylic oxidation sites excluding steroid dienone is 3. The van der Waals surface area contributed by atoms with Crippen LogP contribution in [0, 0.1) is 18.8 Å². The topological polar surface area (TPSA) is 74.1 Å². The van der Waals surface area contributed by atoms with Gasteiger partial charge in [0.2, 0.25) is 0 Å². The Hall–Kier alpha value is -2.06. The summed E-state index contributed by atoms with van der Waals surface area (Å²) in [7, 11) is -0.648. The van der Waals surface area contributed by atoms with Crippen LogP contribution < -0.4 is 5.32 Å². The minimum atomic E-state index is -0.648. The summed E-state index contributed by atoms with van der Waals surface area (Å²) in [5.41, 5.74) is 5.87. The summed E-state index contributed by atoms with van der Waals surface area (Å²) < 4.78 is 12.6. The van der Waals surface area contributed by atoms with Crippen molar-refractivity contribution >= 4 is 48.7 Å². The second-order valence-corrected chi connectivity index (χ2v) is 12.8. The summed E-state index contributed by atoms with van der Waals surface area (Å²) in [6, 6.07) is 6.41. The highest BCUT2D eigenvalue weighted by Crippen LogP contribution is 2.35. The van der Waals surface area contributed by atoms with Gasteiger partial charge in [-0.15, -0.1) is 0 Å². The number of carbonyl (C=O) groups excluding carboxylic acids is 1. The molecular weight excluding hydrogens is 524 g/mol. The number of hydrazone groups is 1. The summed E-state index contributed by atoms with van der Waals surface area (Å²) in [5.74, 6) is 2.47. The number of amides is 1. The zero-order valence-electron chi connectivity index (χ0n) is 20.4. The van der Waals surface area contributed by atoms with E-state index < -0.39 is 10.8 Å². The molecule has 1 amide bonds. The first kappa shape index (κ1) is 24.6. The van der Waals surface area contributed by atoms with E-state index in [2.05, 4.69) is 46.4 Å². The van der Waals surface area contributed by atoms with Crippen LogP contribution in [0.3, 0.4) is 0 Å². The van der Waals surface area contributed by atoms with Gasteiger partial charge in [0.1, 0.15) is 4.62 Å². The highest BCUT2D eigenvalue weighted by molar-refractivity contribution is 9.18. The fourth-order valence-corrected chi connectivity index (χ4v) is 6.65. The van der Waals surface area contributed by atoms with Crippen molar-refractivity contribution in [1.29, 1.82) is 0 Å². The molecule has 1 aromatic carbocycles. The highest BCUT2D eigenvalue weighted by Gasteiger charge is 2.29. The monoisotopic (exact) mass is 556 g/mol. The number of hydrogen-bond acceptors (Lipinski definition) is 5. The van der Waals surface area contributed by atoms with Gasteiger partial charge in [0.15, 0.2) is 0 Å². The summed E-state index contributed by atoms with van der Waals surface area (Å²) in [4.78, 5) is 17.7. The van der Waals surface area contributed by atoms with Gasteiger partial charge in [-0.1, -0.05) is 25.1 Å². The molecule has 6 nitrogen and oxygen atoms in total. The van der Waals surface area contributed by atoms with Crippen molar-refractivity contribution in [1.82, 2.24) is 10.3 Å². The van der Waals surface area contributed by atoms with Gasteiger partial charge in [0, 0.05) is 52.4 Å². The lowest BCUT2D eigenvalue weighted by Gasteiger charge is -2.30. The van der Waals surface area contributed by atoms with Crippen LogP contribution in [0.15, 0.2) is 46.1 Å². The molecule has 35 heavy (non-hydrogen) atoms. The highest BCUT2D eigenvalue weighted by atomic mass is 79.9. The lowest BCUT2D eigenvalue weighted by atomic mass is 10.00. The van der Waals surface area contributed by atoms with E-state index in [-0.39, 0.29) is 5.91 Å². The molecule has 3 aliphatic heterocycles. The van der Waals surface area contributed by atoms with Crippen molar-refractivity contribution in [2.24, 2.45) is 21.9 Å². The fourth-order valence-electron chi connectivity index (χ4n) is 4.83. The van der Waals surface area contributed by atoms with Crippen molar-refractivity contribution in [2.75, 3.05) is 18.1 Å². The van der Waals surface area contributed by atoms with E-state index in [9.17, 15) is 9.00 Å². The molecule has 0 aromatic heterocycles. The van der Waals surface area contributed by atoms with E-state index in [0.29, 0.717) is 24.3 Å². The van der Waals surface area contributed by atoms with Gasteiger partial charge < -0.3 is 5.32 Å². The number of carbonyl (C=O) groups is 1. The first-order chi connectivity index (χ1) is 16.9. The summed E-state index contributed by atoms with van der Waals surface area (Å²) in [6.07, 6.45) is 10.3. The number of nitrogens with zero attached hydrogens (tertiary/aromatic N) is 3. The van der Waals surface area contributed by atoms with Crippen LogP contribution in [0.4, 0.5) is 0 Å². The second-order valence-electron chi connectivity index (χ2n) is 10.2. The Morgan fingerprint density at radius 2 is 2.00 bits per heavy atom. The maximum atomic E-state index is 12.6. The largest absolute Gasteiger partial charge is 0.349 e. The van der Waals surface area contributed by atoms with Gasteiger partial charge in [0.05, 0.1) is 17.1 Å². The SMILES string of the molecule is Cc1cc(C2=CC(C)CC=C3C(=NCC4CCS(=O)CC4)CC(Br)=NN32)ccc1C(=O)NC1CC1. The molecule has 1 saturated heterocycles. The Morgan fingerprint density at radius 3 is 2.71 bits per heavy atom. The number of aryl methyl sites for hydroxylation is 1. The predicted octanol–water partition coefficient (Wildman–Crippen LogP) is 5.17. The Labute approximate surface area is 218 Å². The Morgan fingerprint density at radius 1 is 1.23 bits per heavy atom. The number of nitrogens with one attached hydrogen (secondary N) is 1. The standard InChI is InChI=1S/C27H33BrN4O2S/c1-17-3-8-24-23(29-16-19-9-11-35(34)12-10-19)15-26(28)31-32(24)25(13-17)20-4-7-22(18(2)14-20)27(33)30-21-5-6-21/h4,7-8,13-14,17,19,21H,3,5-6,9-12,15-16H2,1-2H3,(H,30,33). The average molecular weight is 558 g/mol. The molecule has 0 spiro atoms. The number of hydrogen-bond donors (Lipinski definition) is 1. The zero-order chi connectivity index (χ0) is 24.5. The molecule has 0 bridgehead atoms. The van der Waals surface area contributed by atoms with Gasteiger partial charge in [-0.05, 0) is 84.5 Å². The molecule has 186 valence electrons. The maximum Gasteiger partial charge on any atom is 0.251 e. The molecular formula is C27H33BrN4O2S. The van der Waals surface area contributed by atoms with Crippen LogP contribution in [0.2, 0.25) is 0 Å². The first-order valence-electron chi connectivity index (χ1n) is 12.6. The first-order valence-corrected chi connectivity index (χ1v) is 14.9. The lowest BCUT2D eigenvalue weighted by Crippen LogP contribution is -2.29. The third-order valence-corrected chi connectivity index (χ3v) is 8.95. The van der Waals surface area contributed by atoms with Gasteiger partial charge in [-0.2, -0.15) is 5.10 Å². The predicted molar refractivity (Wildman–Crippen MR) is 147 cm³/mol. The molecule has 1 N–H and O–H groups in total. The van der Waals surface area contributed by atoms with E-state index in [1.54, 1.807) is 0 Å². The fraction of sp³-hybridized carbons (Fsp3) is 0.519. The van der Waals surface area contributed by atoms with E-state index in [0.717, 1.165) is 88.6 Å². The summed E-state index contributed by atoms with van der Waals surface area (Å²) >= 11 is 3.66. The van der Waals surface area contributed by atoms with Crippen LogP contribution in [-0.2, 0) is 10.8 Å². The van der Waals surface area contributed by atoms with E-state index in [1.165, 1.54) is 0 Å². The minimum absolute atomic E-state index is 0.0139. The number of aliphatic imine (C=N–C) groups is 1. The Balaban J connectivity index is 1.42. The van der Waals surface area contributed by atoms with Crippen molar-refractivity contribution in [3.63, 3.8) is 0 Å². The van der Waals surface area contributed by atoms with Crippen molar-refractivity contribution in [3.8, 4) is 0 Å². The van der Waals surface area contributed by atoms with E-state index in [1.807, 2.05) is 24.1 Å². The van der Waals surface area contributed by atoms with Crippen molar-refractivity contribution < 1.29 is 9.00 Å². The quantitative estimate of drug-likeness (QED) is 0.543. The van der Waals surface area contributed by atoms with Gasteiger partial charge in [-0.3, -0.25) is 14.0 Å². The van der Waals surface area contributed by atoms with Gasteiger partial charge >= 0.3 is 0 Å². The number of fused-ring (bicyclic) bond motifs is 1. The third kappa shape index (κ3) is 5.85. The number of halogens is 1.